The molecule has 0 fully saturated rings. The maximum atomic E-state index is 13.8. The smallest absolute Gasteiger partial charge is 0.327 e. The van der Waals surface area contributed by atoms with E-state index >= 15 is 0 Å². The zero-order chi connectivity index (χ0) is 14.5. The Bertz CT molecular complexity index is 587. The lowest BCUT2D eigenvalue weighted by molar-refractivity contribution is -0.143. The Morgan fingerprint density at radius 2 is 2.15 bits per heavy atom. The molecular formula is C14H13F2NO2S. The Morgan fingerprint density at radius 3 is 2.80 bits per heavy atom. The molecule has 20 heavy (non-hydrogen) atoms. The number of carbonyl (C=O) groups is 1. The van der Waals surface area contributed by atoms with Gasteiger partial charge < -0.3 is 4.74 Å². The number of carbonyl (C=O) groups excluding carboxylic acids is 1. The highest BCUT2D eigenvalue weighted by Crippen LogP contribution is 2.21. The summed E-state index contributed by atoms with van der Waals surface area (Å²) in [6.45, 7) is 0.368. The summed E-state index contributed by atoms with van der Waals surface area (Å²) in [6.07, 6.45) is 0. The predicted molar refractivity (Wildman–Crippen MR) is 72.3 cm³/mol. The number of hydrogen-bond donors (Lipinski definition) is 1. The van der Waals surface area contributed by atoms with E-state index in [1.165, 1.54) is 30.6 Å². The minimum absolute atomic E-state index is 0.0617. The summed E-state index contributed by atoms with van der Waals surface area (Å²) < 4.78 is 31.7. The maximum Gasteiger partial charge on any atom is 0.327 e. The standard InChI is InChI=1S/C14H13F2NO2S/c1-19-14(18)13(17-8-9-4-3-7-20-9)10-5-2-6-11(15)12(10)16/h2-7,13,17H,8H2,1H3. The molecule has 0 saturated heterocycles. The van der Waals surface area contributed by atoms with Gasteiger partial charge in [0.05, 0.1) is 7.11 Å². The van der Waals surface area contributed by atoms with Gasteiger partial charge in [0, 0.05) is 17.0 Å². The summed E-state index contributed by atoms with van der Waals surface area (Å²) in [6, 6.07) is 6.44. The molecule has 1 unspecified atom stereocenters. The van der Waals surface area contributed by atoms with E-state index in [0.29, 0.717) is 6.54 Å². The number of nitrogens with one attached hydrogen (secondary N) is 1. The van der Waals surface area contributed by atoms with Crippen molar-refractivity contribution in [1.29, 1.82) is 0 Å². The molecule has 1 heterocycles. The second kappa shape index (κ2) is 6.58. The van der Waals surface area contributed by atoms with E-state index in [1.54, 1.807) is 0 Å². The van der Waals surface area contributed by atoms with Crippen molar-refractivity contribution in [3.05, 3.63) is 57.8 Å². The molecule has 0 aliphatic heterocycles. The molecule has 2 rings (SSSR count). The van der Waals surface area contributed by atoms with Gasteiger partial charge in [0.15, 0.2) is 11.6 Å². The lowest BCUT2D eigenvalue weighted by Crippen LogP contribution is -2.30. The van der Waals surface area contributed by atoms with E-state index in [1.807, 2.05) is 17.5 Å². The van der Waals surface area contributed by atoms with Gasteiger partial charge in [-0.1, -0.05) is 18.2 Å². The zero-order valence-corrected chi connectivity index (χ0v) is 11.5. The number of esters is 1. The Hall–Kier alpha value is -1.79. The van der Waals surface area contributed by atoms with Crippen LogP contribution >= 0.6 is 11.3 Å². The van der Waals surface area contributed by atoms with Gasteiger partial charge in [-0.25, -0.2) is 13.6 Å². The third kappa shape index (κ3) is 3.20. The topological polar surface area (TPSA) is 38.3 Å². The van der Waals surface area contributed by atoms with Gasteiger partial charge in [-0.3, -0.25) is 5.32 Å². The molecule has 0 spiro atoms. The second-order valence-corrected chi connectivity index (χ2v) is 5.09. The molecule has 6 heteroatoms. The van der Waals surface area contributed by atoms with Gasteiger partial charge in [-0.05, 0) is 17.5 Å². The second-order valence-electron chi connectivity index (χ2n) is 4.06. The molecule has 1 aromatic carbocycles. The minimum Gasteiger partial charge on any atom is -0.468 e. The first kappa shape index (κ1) is 14.6. The maximum absolute atomic E-state index is 13.8. The number of hydrogen-bond acceptors (Lipinski definition) is 4. The van der Waals surface area contributed by atoms with Gasteiger partial charge in [0.2, 0.25) is 0 Å². The highest BCUT2D eigenvalue weighted by molar-refractivity contribution is 7.09. The fourth-order valence-electron chi connectivity index (χ4n) is 1.80. The highest BCUT2D eigenvalue weighted by Gasteiger charge is 2.25. The molecule has 0 amide bonds. The van der Waals surface area contributed by atoms with Crippen LogP contribution in [0.15, 0.2) is 35.7 Å². The van der Waals surface area contributed by atoms with Crippen LogP contribution in [-0.2, 0) is 16.1 Å². The quantitative estimate of drug-likeness (QED) is 0.862. The van der Waals surface area contributed by atoms with Crippen molar-refractivity contribution in [1.82, 2.24) is 5.32 Å². The van der Waals surface area contributed by atoms with Crippen molar-refractivity contribution in [2.75, 3.05) is 7.11 Å². The van der Waals surface area contributed by atoms with E-state index in [4.69, 9.17) is 0 Å². The Morgan fingerprint density at radius 1 is 1.35 bits per heavy atom. The first-order valence-electron chi connectivity index (χ1n) is 5.91. The van der Waals surface area contributed by atoms with Crippen LogP contribution < -0.4 is 5.32 Å². The SMILES string of the molecule is COC(=O)C(NCc1cccs1)c1cccc(F)c1F. The fraction of sp³-hybridized carbons (Fsp3) is 0.214. The summed E-state index contributed by atoms with van der Waals surface area (Å²) in [5.74, 6) is -2.69. The number of thiophene rings is 1. The van der Waals surface area contributed by atoms with Crippen LogP contribution in [0.3, 0.4) is 0 Å². The monoisotopic (exact) mass is 297 g/mol. The van der Waals surface area contributed by atoms with E-state index < -0.39 is 23.6 Å². The minimum atomic E-state index is -1.04. The Balaban J connectivity index is 2.23. The van der Waals surface area contributed by atoms with Crippen molar-refractivity contribution in [3.8, 4) is 0 Å². The summed E-state index contributed by atoms with van der Waals surface area (Å²) in [5.41, 5.74) is -0.0617. The largest absolute Gasteiger partial charge is 0.468 e. The third-order valence-electron chi connectivity index (χ3n) is 2.79. The number of halogens is 2. The van der Waals surface area contributed by atoms with Crippen LogP contribution in [0.1, 0.15) is 16.5 Å². The summed E-state index contributed by atoms with van der Waals surface area (Å²) in [5, 5.41) is 4.78. The van der Waals surface area contributed by atoms with Crippen LogP contribution in [0, 0.1) is 11.6 Å². The van der Waals surface area contributed by atoms with Crippen LogP contribution in [0.4, 0.5) is 8.78 Å². The molecular weight excluding hydrogens is 284 g/mol. The predicted octanol–water partition coefficient (Wildman–Crippen LogP) is 3.03. The van der Waals surface area contributed by atoms with E-state index in [9.17, 15) is 13.6 Å². The summed E-state index contributed by atoms with van der Waals surface area (Å²) >= 11 is 1.50. The number of benzene rings is 1. The molecule has 0 aliphatic carbocycles. The molecule has 106 valence electrons. The van der Waals surface area contributed by atoms with Gasteiger partial charge in [-0.2, -0.15) is 0 Å². The van der Waals surface area contributed by atoms with E-state index in [-0.39, 0.29) is 5.56 Å². The van der Waals surface area contributed by atoms with Crippen LogP contribution in [0.25, 0.3) is 0 Å². The van der Waals surface area contributed by atoms with Crippen molar-refractivity contribution in [2.24, 2.45) is 0 Å². The van der Waals surface area contributed by atoms with Crippen molar-refractivity contribution >= 4 is 17.3 Å². The average molecular weight is 297 g/mol. The molecule has 1 N–H and O–H groups in total. The molecule has 3 nitrogen and oxygen atoms in total. The zero-order valence-electron chi connectivity index (χ0n) is 10.7. The average Bonchev–Trinajstić information content (AvgIpc) is 2.96. The van der Waals surface area contributed by atoms with Crippen LogP contribution in [0.2, 0.25) is 0 Å². The third-order valence-corrected chi connectivity index (χ3v) is 3.67. The van der Waals surface area contributed by atoms with Gasteiger partial charge in [-0.15, -0.1) is 11.3 Å². The molecule has 0 bridgehead atoms. The number of rotatable bonds is 5. The number of methoxy groups -OCH3 is 1. The van der Waals surface area contributed by atoms with Crippen molar-refractivity contribution < 1.29 is 18.3 Å². The lowest BCUT2D eigenvalue weighted by Gasteiger charge is -2.17. The van der Waals surface area contributed by atoms with Crippen LogP contribution in [0.5, 0.6) is 0 Å². The first-order valence-corrected chi connectivity index (χ1v) is 6.79. The van der Waals surface area contributed by atoms with E-state index in [0.717, 1.165) is 10.9 Å². The van der Waals surface area contributed by atoms with Crippen molar-refractivity contribution in [2.45, 2.75) is 12.6 Å². The first-order chi connectivity index (χ1) is 9.63. The van der Waals surface area contributed by atoms with Gasteiger partial charge in [0.25, 0.3) is 0 Å². The molecule has 1 atom stereocenters. The molecule has 0 radical (unpaired) electrons. The highest BCUT2D eigenvalue weighted by atomic mass is 32.1. The van der Waals surface area contributed by atoms with Gasteiger partial charge >= 0.3 is 5.97 Å². The normalized spacial score (nSPS) is 12.2. The molecule has 0 saturated carbocycles. The van der Waals surface area contributed by atoms with E-state index in [2.05, 4.69) is 10.1 Å². The Kier molecular flexibility index (Phi) is 4.81. The fourth-order valence-corrected chi connectivity index (χ4v) is 2.45. The Labute approximate surface area is 119 Å². The molecule has 1 aromatic heterocycles. The van der Waals surface area contributed by atoms with Gasteiger partial charge in [0.1, 0.15) is 6.04 Å². The summed E-state index contributed by atoms with van der Waals surface area (Å²) in [7, 11) is 1.21. The van der Waals surface area contributed by atoms with Crippen LogP contribution in [-0.4, -0.2) is 13.1 Å². The lowest BCUT2D eigenvalue weighted by atomic mass is 10.1. The molecule has 2 aromatic rings. The van der Waals surface area contributed by atoms with Crippen molar-refractivity contribution in [3.63, 3.8) is 0 Å². The molecule has 0 aliphatic rings. The summed E-state index contributed by atoms with van der Waals surface area (Å²) in [4.78, 5) is 12.7. The number of ether oxygens (including phenoxy) is 1.